The van der Waals surface area contributed by atoms with Crippen LogP contribution in [0.2, 0.25) is 0 Å². The lowest BCUT2D eigenvalue weighted by atomic mass is 10.1. The first-order chi connectivity index (χ1) is 15.7. The van der Waals surface area contributed by atoms with Crippen molar-refractivity contribution in [2.45, 2.75) is 37.7 Å². The molecule has 1 N–H and O–H groups in total. The van der Waals surface area contributed by atoms with Gasteiger partial charge >= 0.3 is 5.97 Å². The number of aryl methyl sites for hydroxylation is 1. The quantitative estimate of drug-likeness (QED) is 0.431. The monoisotopic (exact) mass is 478 g/mol. The van der Waals surface area contributed by atoms with Gasteiger partial charge in [-0.25, -0.2) is 13.2 Å². The Labute approximate surface area is 192 Å². The fraction of sp³-hybridized carbons (Fsp3) is 0.364. The smallest absolute Gasteiger partial charge is 0.351 e. The molecule has 0 saturated carbocycles. The van der Waals surface area contributed by atoms with Gasteiger partial charge in [0.1, 0.15) is 5.75 Å². The number of sulfonamides is 1. The minimum atomic E-state index is -3.99. The number of methoxy groups -OCH3 is 1. The number of rotatable bonds is 9. The standard InChI is InChI=1S/C22H26N2O8S/c1-5-6-15-11-17(33(27,28)23-24(3)14(2)25)8-10-18(15)32-21(22(26)29-4)16-7-9-19-20(12-16)31-13-30-19/h7-12,21,23H,5-6,13H2,1-4H3. The van der Waals surface area contributed by atoms with Crippen LogP contribution in [0.3, 0.4) is 0 Å². The summed E-state index contributed by atoms with van der Waals surface area (Å²) in [6.07, 6.45) is 0.0913. The largest absolute Gasteiger partial charge is 0.474 e. The van der Waals surface area contributed by atoms with Crippen molar-refractivity contribution in [1.29, 1.82) is 0 Å². The van der Waals surface area contributed by atoms with Crippen molar-refractivity contribution in [3.8, 4) is 17.2 Å². The Morgan fingerprint density at radius 1 is 1.15 bits per heavy atom. The lowest BCUT2D eigenvalue weighted by Crippen LogP contribution is -2.42. The van der Waals surface area contributed by atoms with Gasteiger partial charge in [0.2, 0.25) is 18.8 Å². The average molecular weight is 479 g/mol. The van der Waals surface area contributed by atoms with Crippen LogP contribution in [-0.4, -0.2) is 46.3 Å². The van der Waals surface area contributed by atoms with Crippen molar-refractivity contribution in [2.24, 2.45) is 0 Å². The van der Waals surface area contributed by atoms with Gasteiger partial charge in [0.15, 0.2) is 11.5 Å². The molecule has 0 aliphatic carbocycles. The Hall–Kier alpha value is -3.31. The van der Waals surface area contributed by atoms with Gasteiger partial charge in [0.25, 0.3) is 10.0 Å². The third kappa shape index (κ3) is 5.55. The van der Waals surface area contributed by atoms with Crippen LogP contribution in [0.5, 0.6) is 17.2 Å². The molecular formula is C22H26N2O8S. The molecule has 2 aromatic rings. The van der Waals surface area contributed by atoms with Gasteiger partial charge in [-0.2, -0.15) is 0 Å². The average Bonchev–Trinajstić information content (AvgIpc) is 3.25. The fourth-order valence-electron chi connectivity index (χ4n) is 3.16. The summed E-state index contributed by atoms with van der Waals surface area (Å²) in [6, 6.07) is 9.29. The van der Waals surface area contributed by atoms with Gasteiger partial charge in [0, 0.05) is 19.5 Å². The lowest BCUT2D eigenvalue weighted by Gasteiger charge is -2.21. The maximum Gasteiger partial charge on any atom is 0.351 e. The number of benzene rings is 2. The van der Waals surface area contributed by atoms with Crippen LogP contribution in [0.25, 0.3) is 0 Å². The van der Waals surface area contributed by atoms with E-state index in [2.05, 4.69) is 4.83 Å². The van der Waals surface area contributed by atoms with Gasteiger partial charge in [-0.15, -0.1) is 4.83 Å². The summed E-state index contributed by atoms with van der Waals surface area (Å²) in [4.78, 5) is 26.1. The first kappa shape index (κ1) is 24.3. The molecule has 2 aromatic carbocycles. The van der Waals surface area contributed by atoms with E-state index < -0.39 is 28.0 Å². The van der Waals surface area contributed by atoms with E-state index in [1.54, 1.807) is 18.2 Å². The van der Waals surface area contributed by atoms with E-state index in [1.807, 2.05) is 6.92 Å². The minimum Gasteiger partial charge on any atom is -0.474 e. The second kappa shape index (κ2) is 10.1. The van der Waals surface area contributed by atoms with Crippen LogP contribution < -0.4 is 19.0 Å². The van der Waals surface area contributed by atoms with E-state index in [4.69, 9.17) is 18.9 Å². The Balaban J connectivity index is 1.94. The molecule has 1 aliphatic heterocycles. The van der Waals surface area contributed by atoms with Crippen LogP contribution in [0.1, 0.15) is 37.5 Å². The highest BCUT2D eigenvalue weighted by Gasteiger charge is 2.28. The first-order valence-corrected chi connectivity index (χ1v) is 11.7. The summed E-state index contributed by atoms with van der Waals surface area (Å²) in [5.74, 6) is 0.297. The van der Waals surface area contributed by atoms with Crippen molar-refractivity contribution < 1.29 is 37.0 Å². The Bertz CT molecular complexity index is 1150. The maximum absolute atomic E-state index is 12.7. The predicted octanol–water partition coefficient (Wildman–Crippen LogP) is 2.33. The third-order valence-corrected chi connectivity index (χ3v) is 6.34. The van der Waals surface area contributed by atoms with Crippen LogP contribution in [0.15, 0.2) is 41.3 Å². The minimum absolute atomic E-state index is 0.0379. The van der Waals surface area contributed by atoms with E-state index in [1.165, 1.54) is 39.3 Å². The van der Waals surface area contributed by atoms with E-state index >= 15 is 0 Å². The second-order valence-electron chi connectivity index (χ2n) is 7.33. The Kier molecular flexibility index (Phi) is 7.44. The topological polar surface area (TPSA) is 120 Å². The highest BCUT2D eigenvalue weighted by atomic mass is 32.2. The second-order valence-corrected chi connectivity index (χ2v) is 8.99. The number of carbonyl (C=O) groups excluding carboxylic acids is 2. The third-order valence-electron chi connectivity index (χ3n) is 4.95. The molecule has 1 unspecified atom stereocenters. The highest BCUT2D eigenvalue weighted by Crippen LogP contribution is 2.36. The molecule has 11 heteroatoms. The normalized spacial score (nSPS) is 13.3. The summed E-state index contributed by atoms with van der Waals surface area (Å²) >= 11 is 0. The molecule has 0 fully saturated rings. The molecule has 1 atom stereocenters. The summed E-state index contributed by atoms with van der Waals surface area (Å²) in [6.45, 7) is 3.26. The molecule has 0 radical (unpaired) electrons. The molecule has 0 aromatic heterocycles. The molecule has 1 aliphatic rings. The Morgan fingerprint density at radius 2 is 1.88 bits per heavy atom. The van der Waals surface area contributed by atoms with Gasteiger partial charge in [-0.05, 0) is 42.3 Å². The molecule has 1 heterocycles. The van der Waals surface area contributed by atoms with E-state index in [0.717, 1.165) is 5.01 Å². The van der Waals surface area contributed by atoms with Crippen molar-refractivity contribution in [2.75, 3.05) is 21.0 Å². The fourth-order valence-corrected chi connectivity index (χ4v) is 4.30. The highest BCUT2D eigenvalue weighted by molar-refractivity contribution is 7.89. The zero-order chi connectivity index (χ0) is 24.2. The summed E-state index contributed by atoms with van der Waals surface area (Å²) in [5, 5.41) is 0.881. The van der Waals surface area contributed by atoms with Crippen LogP contribution in [0, 0.1) is 0 Å². The summed E-state index contributed by atoms with van der Waals surface area (Å²) < 4.78 is 47.0. The molecule has 33 heavy (non-hydrogen) atoms. The number of esters is 1. The van der Waals surface area contributed by atoms with Crippen molar-refractivity contribution >= 4 is 21.9 Å². The van der Waals surface area contributed by atoms with Crippen LogP contribution in [-0.2, 0) is 30.8 Å². The molecule has 10 nitrogen and oxygen atoms in total. The number of nitrogens with zero attached hydrogens (tertiary/aromatic N) is 1. The van der Waals surface area contributed by atoms with Crippen LogP contribution >= 0.6 is 0 Å². The lowest BCUT2D eigenvalue weighted by molar-refractivity contribution is -0.149. The number of nitrogens with one attached hydrogen (secondary N) is 1. The van der Waals surface area contributed by atoms with Crippen molar-refractivity contribution in [1.82, 2.24) is 9.84 Å². The first-order valence-electron chi connectivity index (χ1n) is 10.2. The number of hydrogen-bond acceptors (Lipinski definition) is 8. The molecule has 1 amide bonds. The molecule has 0 saturated heterocycles. The van der Waals surface area contributed by atoms with Gasteiger partial charge in [0.05, 0.1) is 12.0 Å². The number of hydrogen-bond donors (Lipinski definition) is 1. The molecule has 0 spiro atoms. The molecule has 178 valence electrons. The number of carbonyl (C=O) groups is 2. The number of fused-ring (bicyclic) bond motifs is 1. The SMILES string of the molecule is CCCc1cc(S(=O)(=O)NN(C)C(C)=O)ccc1OC(C(=O)OC)c1ccc2c(c1)OCO2. The van der Waals surface area contributed by atoms with E-state index in [9.17, 15) is 18.0 Å². The van der Waals surface area contributed by atoms with Gasteiger partial charge in [-0.1, -0.05) is 19.4 Å². The predicted molar refractivity (Wildman–Crippen MR) is 117 cm³/mol. The summed E-state index contributed by atoms with van der Waals surface area (Å²) in [5.41, 5.74) is 1.08. The number of ether oxygens (including phenoxy) is 4. The van der Waals surface area contributed by atoms with Crippen LogP contribution in [0.4, 0.5) is 0 Å². The van der Waals surface area contributed by atoms with E-state index in [0.29, 0.717) is 41.2 Å². The van der Waals surface area contributed by atoms with E-state index in [-0.39, 0.29) is 11.7 Å². The summed E-state index contributed by atoms with van der Waals surface area (Å²) in [7, 11) is -1.42. The Morgan fingerprint density at radius 3 is 2.55 bits per heavy atom. The maximum atomic E-state index is 12.7. The molecule has 0 bridgehead atoms. The zero-order valence-electron chi connectivity index (χ0n) is 18.8. The van der Waals surface area contributed by atoms with Crippen molar-refractivity contribution in [3.05, 3.63) is 47.5 Å². The van der Waals surface area contributed by atoms with Crippen molar-refractivity contribution in [3.63, 3.8) is 0 Å². The van der Waals surface area contributed by atoms with Gasteiger partial charge < -0.3 is 18.9 Å². The number of amides is 1. The zero-order valence-corrected chi connectivity index (χ0v) is 19.6. The molecular weight excluding hydrogens is 452 g/mol. The van der Waals surface area contributed by atoms with Gasteiger partial charge in [-0.3, -0.25) is 9.80 Å². The molecule has 3 rings (SSSR count). The number of hydrazine groups is 1.